The maximum Gasteiger partial charge on any atom is 0.417 e. The standard InChI is InChI=1S/C14H11FN4O2S/c15-11-3-7-13(8-4-11)22-18-14(20)21-9-10-1-5-12(6-2-10)17-19-16/h1-8H,9H2,(H,18,20). The minimum absolute atomic E-state index is 0.0896. The molecule has 8 heteroatoms. The van der Waals surface area contributed by atoms with Crippen molar-refractivity contribution in [3.63, 3.8) is 0 Å². The maximum absolute atomic E-state index is 12.7. The van der Waals surface area contributed by atoms with Crippen molar-refractivity contribution in [3.05, 3.63) is 70.4 Å². The molecule has 112 valence electrons. The minimum Gasteiger partial charge on any atom is -0.444 e. The minimum atomic E-state index is -0.603. The Kier molecular flexibility index (Phi) is 5.65. The Morgan fingerprint density at radius 1 is 1.23 bits per heavy atom. The second-order valence-corrected chi connectivity index (χ2v) is 4.97. The predicted molar refractivity (Wildman–Crippen MR) is 80.8 cm³/mol. The van der Waals surface area contributed by atoms with E-state index in [2.05, 4.69) is 14.7 Å². The van der Waals surface area contributed by atoms with Crippen LogP contribution in [0, 0.1) is 5.82 Å². The summed E-state index contributed by atoms with van der Waals surface area (Å²) >= 11 is 1.04. The Hall–Kier alpha value is -2.70. The van der Waals surface area contributed by atoms with Crippen LogP contribution in [-0.4, -0.2) is 6.09 Å². The zero-order chi connectivity index (χ0) is 15.8. The second-order valence-electron chi connectivity index (χ2n) is 4.09. The number of rotatable bonds is 5. The maximum atomic E-state index is 12.7. The van der Waals surface area contributed by atoms with Crippen molar-refractivity contribution in [1.29, 1.82) is 0 Å². The van der Waals surface area contributed by atoms with E-state index >= 15 is 0 Å². The number of nitrogens with zero attached hydrogens (tertiary/aromatic N) is 3. The average molecular weight is 318 g/mol. The molecule has 2 rings (SSSR count). The molecule has 0 spiro atoms. The Morgan fingerprint density at radius 2 is 1.91 bits per heavy atom. The Bertz CT molecular complexity index is 685. The third kappa shape index (κ3) is 5.01. The predicted octanol–water partition coefficient (Wildman–Crippen LogP) is 4.70. The van der Waals surface area contributed by atoms with Crippen molar-refractivity contribution in [2.45, 2.75) is 11.5 Å². The first-order valence-electron chi connectivity index (χ1n) is 6.16. The molecule has 1 amide bonds. The van der Waals surface area contributed by atoms with Gasteiger partial charge in [-0.25, -0.2) is 9.18 Å². The van der Waals surface area contributed by atoms with Gasteiger partial charge in [0, 0.05) is 15.5 Å². The van der Waals surface area contributed by atoms with Gasteiger partial charge < -0.3 is 4.74 Å². The number of hydrogen-bond acceptors (Lipinski definition) is 4. The molecule has 0 aliphatic carbocycles. The largest absolute Gasteiger partial charge is 0.444 e. The van der Waals surface area contributed by atoms with Gasteiger partial charge in [0.1, 0.15) is 12.4 Å². The highest BCUT2D eigenvalue weighted by Crippen LogP contribution is 2.16. The highest BCUT2D eigenvalue weighted by Gasteiger charge is 2.04. The molecule has 0 aromatic heterocycles. The normalized spacial score (nSPS) is 9.68. The summed E-state index contributed by atoms with van der Waals surface area (Å²) in [5.41, 5.74) is 9.54. The van der Waals surface area contributed by atoms with Crippen molar-refractivity contribution in [2.75, 3.05) is 0 Å². The van der Waals surface area contributed by atoms with Gasteiger partial charge in [-0.1, -0.05) is 29.4 Å². The lowest BCUT2D eigenvalue weighted by Crippen LogP contribution is -2.16. The first-order valence-corrected chi connectivity index (χ1v) is 6.98. The van der Waals surface area contributed by atoms with Gasteiger partial charge in [-0.05, 0) is 47.3 Å². The summed E-state index contributed by atoms with van der Waals surface area (Å²) in [5, 5.41) is 3.44. The van der Waals surface area contributed by atoms with Gasteiger partial charge in [-0.3, -0.25) is 4.72 Å². The molecule has 6 nitrogen and oxygen atoms in total. The van der Waals surface area contributed by atoms with E-state index in [0.29, 0.717) is 10.6 Å². The van der Waals surface area contributed by atoms with Gasteiger partial charge in [-0.2, -0.15) is 0 Å². The van der Waals surface area contributed by atoms with E-state index in [1.165, 1.54) is 12.1 Å². The average Bonchev–Trinajstić information content (AvgIpc) is 2.54. The fraction of sp³-hybridized carbons (Fsp3) is 0.0714. The summed E-state index contributed by atoms with van der Waals surface area (Å²) in [7, 11) is 0. The van der Waals surface area contributed by atoms with Crippen LogP contribution in [0.4, 0.5) is 14.9 Å². The smallest absolute Gasteiger partial charge is 0.417 e. The molecule has 2 aromatic rings. The molecular formula is C14H11FN4O2S. The van der Waals surface area contributed by atoms with Gasteiger partial charge in [0.2, 0.25) is 0 Å². The van der Waals surface area contributed by atoms with Crippen LogP contribution in [0.5, 0.6) is 0 Å². The van der Waals surface area contributed by atoms with Crippen molar-refractivity contribution < 1.29 is 13.9 Å². The quantitative estimate of drug-likeness (QED) is 0.375. The molecule has 0 saturated carbocycles. The number of halogens is 1. The topological polar surface area (TPSA) is 87.1 Å². The van der Waals surface area contributed by atoms with E-state index in [1.54, 1.807) is 36.4 Å². The molecule has 0 aliphatic rings. The van der Waals surface area contributed by atoms with Crippen LogP contribution in [0.3, 0.4) is 0 Å². The van der Waals surface area contributed by atoms with E-state index in [9.17, 15) is 9.18 Å². The van der Waals surface area contributed by atoms with Crippen molar-refractivity contribution in [2.24, 2.45) is 5.11 Å². The van der Waals surface area contributed by atoms with Crippen LogP contribution in [0.15, 0.2) is 58.5 Å². The number of hydrogen-bond donors (Lipinski definition) is 1. The van der Waals surface area contributed by atoms with Crippen LogP contribution < -0.4 is 4.72 Å². The molecular weight excluding hydrogens is 307 g/mol. The van der Waals surface area contributed by atoms with Crippen LogP contribution in [0.2, 0.25) is 0 Å². The van der Waals surface area contributed by atoms with E-state index < -0.39 is 6.09 Å². The van der Waals surface area contributed by atoms with Crippen LogP contribution >= 0.6 is 11.9 Å². The fourth-order valence-electron chi connectivity index (χ4n) is 1.49. The molecule has 1 N–H and O–H groups in total. The number of carbonyl (C=O) groups is 1. The Labute approximate surface area is 130 Å². The summed E-state index contributed by atoms with van der Waals surface area (Å²) in [4.78, 5) is 14.9. The molecule has 0 aliphatic heterocycles. The first kappa shape index (κ1) is 15.7. The van der Waals surface area contributed by atoms with Crippen molar-refractivity contribution >= 4 is 23.7 Å². The summed E-state index contributed by atoms with van der Waals surface area (Å²) in [6, 6.07) is 12.4. The first-order chi connectivity index (χ1) is 10.7. The van der Waals surface area contributed by atoms with Crippen molar-refractivity contribution in [3.8, 4) is 0 Å². The van der Waals surface area contributed by atoms with E-state index in [0.717, 1.165) is 17.5 Å². The highest BCUT2D eigenvalue weighted by molar-refractivity contribution is 7.98. The number of azide groups is 1. The van der Waals surface area contributed by atoms with Crippen LogP contribution in [-0.2, 0) is 11.3 Å². The van der Waals surface area contributed by atoms with Gasteiger partial charge in [0.15, 0.2) is 0 Å². The third-order valence-electron chi connectivity index (χ3n) is 2.53. The van der Waals surface area contributed by atoms with Gasteiger partial charge >= 0.3 is 6.09 Å². The third-order valence-corrected chi connectivity index (χ3v) is 3.31. The lowest BCUT2D eigenvalue weighted by atomic mass is 10.2. The lowest BCUT2D eigenvalue weighted by molar-refractivity contribution is 0.147. The zero-order valence-electron chi connectivity index (χ0n) is 11.3. The lowest BCUT2D eigenvalue weighted by Gasteiger charge is -2.06. The molecule has 22 heavy (non-hydrogen) atoms. The molecule has 0 fully saturated rings. The molecule has 0 radical (unpaired) electrons. The summed E-state index contributed by atoms with van der Waals surface area (Å²) in [6.45, 7) is 0.0896. The van der Waals surface area contributed by atoms with Gasteiger partial charge in [0.25, 0.3) is 0 Å². The molecule has 0 bridgehead atoms. The van der Waals surface area contributed by atoms with E-state index in [-0.39, 0.29) is 12.4 Å². The summed E-state index contributed by atoms with van der Waals surface area (Å²) in [6.07, 6.45) is -0.603. The second kappa shape index (κ2) is 7.92. The monoisotopic (exact) mass is 318 g/mol. The van der Waals surface area contributed by atoms with Gasteiger partial charge in [0.05, 0.1) is 0 Å². The summed E-state index contributed by atoms with van der Waals surface area (Å²) in [5.74, 6) is -0.337. The van der Waals surface area contributed by atoms with Crippen LogP contribution in [0.25, 0.3) is 10.4 Å². The fourth-order valence-corrected chi connectivity index (χ4v) is 2.02. The van der Waals surface area contributed by atoms with Gasteiger partial charge in [-0.15, -0.1) is 0 Å². The van der Waals surface area contributed by atoms with Crippen LogP contribution in [0.1, 0.15) is 5.56 Å². The Morgan fingerprint density at radius 3 is 2.55 bits per heavy atom. The molecule has 0 atom stereocenters. The highest BCUT2D eigenvalue weighted by atomic mass is 32.2. The number of carbonyl (C=O) groups excluding carboxylic acids is 1. The number of amides is 1. The number of benzene rings is 2. The molecule has 2 aromatic carbocycles. The molecule has 0 heterocycles. The zero-order valence-corrected chi connectivity index (χ0v) is 12.1. The van der Waals surface area contributed by atoms with E-state index in [4.69, 9.17) is 10.3 Å². The SMILES string of the molecule is [N-]=[N+]=Nc1ccc(COC(=O)NSc2ccc(F)cc2)cc1. The summed E-state index contributed by atoms with van der Waals surface area (Å²) < 4.78 is 20.2. The Balaban J connectivity index is 1.77. The molecule has 0 saturated heterocycles. The molecule has 0 unspecified atom stereocenters. The number of ether oxygens (including phenoxy) is 1. The van der Waals surface area contributed by atoms with Crippen molar-refractivity contribution in [1.82, 2.24) is 4.72 Å². The number of nitrogens with one attached hydrogen (secondary N) is 1. The van der Waals surface area contributed by atoms with E-state index in [1.807, 2.05) is 0 Å².